The Morgan fingerprint density at radius 1 is 0.500 bits per heavy atom. The summed E-state index contributed by atoms with van der Waals surface area (Å²) in [4.78, 5) is 4.15. The van der Waals surface area contributed by atoms with Crippen LogP contribution in [0.3, 0.4) is 0 Å². The smallest absolute Gasteiger partial charge is 0.0476 e. The standard InChI is InChI=1S/C48H39NS/c1-47(32-44-43-19-11-12-20-45(43)50-46(44)48(2,33-47)40-17-7-4-8-18-40)49(41-27-23-36(24-28-41)34-13-5-3-6-14-34)42-29-25-37(26-30-42)39-22-21-35-15-9-10-16-38(35)31-39/h3-31H,32-33H2,1-2H3. The summed E-state index contributed by atoms with van der Waals surface area (Å²) < 4.78 is 1.38. The Morgan fingerprint density at radius 3 is 1.74 bits per heavy atom. The predicted molar refractivity (Wildman–Crippen MR) is 215 cm³/mol. The summed E-state index contributed by atoms with van der Waals surface area (Å²) in [5.74, 6) is 0. The van der Waals surface area contributed by atoms with Gasteiger partial charge in [0, 0.05) is 31.9 Å². The lowest BCUT2D eigenvalue weighted by Crippen LogP contribution is -2.53. The highest BCUT2D eigenvalue weighted by atomic mass is 32.1. The summed E-state index contributed by atoms with van der Waals surface area (Å²) in [7, 11) is 0. The lowest BCUT2D eigenvalue weighted by molar-refractivity contribution is 0.319. The van der Waals surface area contributed by atoms with Crippen LogP contribution in [0.5, 0.6) is 0 Å². The van der Waals surface area contributed by atoms with E-state index in [1.807, 2.05) is 11.3 Å². The van der Waals surface area contributed by atoms with Crippen molar-refractivity contribution in [3.05, 3.63) is 192 Å². The quantitative estimate of drug-likeness (QED) is 0.171. The van der Waals surface area contributed by atoms with E-state index in [4.69, 9.17) is 0 Å². The van der Waals surface area contributed by atoms with Crippen molar-refractivity contribution in [1.29, 1.82) is 0 Å². The molecule has 1 aliphatic rings. The zero-order valence-electron chi connectivity index (χ0n) is 28.5. The first-order valence-electron chi connectivity index (χ1n) is 17.6. The molecule has 2 atom stereocenters. The molecule has 50 heavy (non-hydrogen) atoms. The molecular weight excluding hydrogens is 623 g/mol. The van der Waals surface area contributed by atoms with Gasteiger partial charge in [-0.05, 0) is 106 Å². The van der Waals surface area contributed by atoms with Gasteiger partial charge in [0.15, 0.2) is 0 Å². The number of benzene rings is 7. The van der Waals surface area contributed by atoms with Gasteiger partial charge < -0.3 is 4.90 Å². The van der Waals surface area contributed by atoms with Gasteiger partial charge in [-0.3, -0.25) is 0 Å². The molecule has 0 spiro atoms. The Labute approximate surface area is 299 Å². The van der Waals surface area contributed by atoms with Gasteiger partial charge in [0.1, 0.15) is 0 Å². The number of rotatable bonds is 6. The Morgan fingerprint density at radius 2 is 1.04 bits per heavy atom. The van der Waals surface area contributed by atoms with Crippen LogP contribution < -0.4 is 4.90 Å². The first-order chi connectivity index (χ1) is 24.5. The highest BCUT2D eigenvalue weighted by Crippen LogP contribution is 2.55. The SMILES string of the molecule is CC1(c2ccccc2)CC(C)(N(c2ccc(-c3ccccc3)cc2)c2ccc(-c3ccc4ccccc4c3)cc2)Cc2c1sc1ccccc21. The van der Waals surface area contributed by atoms with Gasteiger partial charge in [-0.25, -0.2) is 0 Å². The maximum Gasteiger partial charge on any atom is 0.0476 e. The summed E-state index contributed by atoms with van der Waals surface area (Å²) >= 11 is 1.99. The minimum atomic E-state index is -0.222. The summed E-state index contributed by atoms with van der Waals surface area (Å²) in [5, 5.41) is 3.93. The van der Waals surface area contributed by atoms with E-state index in [2.05, 4.69) is 195 Å². The fourth-order valence-corrected chi connectivity index (χ4v) is 9.97. The second kappa shape index (κ2) is 12.2. The van der Waals surface area contributed by atoms with E-state index in [0.717, 1.165) is 12.8 Å². The highest BCUT2D eigenvalue weighted by molar-refractivity contribution is 7.19. The van der Waals surface area contributed by atoms with Crippen LogP contribution in [0.4, 0.5) is 11.4 Å². The fourth-order valence-electron chi connectivity index (χ4n) is 8.58. The second-order valence-corrected chi connectivity index (χ2v) is 15.4. The van der Waals surface area contributed by atoms with Crippen molar-refractivity contribution in [2.45, 2.75) is 37.6 Å². The van der Waals surface area contributed by atoms with Crippen LogP contribution in [0, 0.1) is 0 Å². The fraction of sp³-hybridized carbons (Fsp3) is 0.125. The third kappa shape index (κ3) is 5.23. The average molecular weight is 662 g/mol. The van der Waals surface area contributed by atoms with Crippen LogP contribution in [-0.4, -0.2) is 5.54 Å². The van der Waals surface area contributed by atoms with Crippen molar-refractivity contribution in [2.75, 3.05) is 4.90 Å². The first kappa shape index (κ1) is 30.6. The highest BCUT2D eigenvalue weighted by Gasteiger charge is 2.49. The lowest BCUT2D eigenvalue weighted by atomic mass is 9.64. The Kier molecular flexibility index (Phi) is 7.44. The average Bonchev–Trinajstić information content (AvgIpc) is 3.55. The zero-order valence-corrected chi connectivity index (χ0v) is 29.3. The van der Waals surface area contributed by atoms with E-state index >= 15 is 0 Å². The minimum absolute atomic E-state index is 0.152. The minimum Gasteiger partial charge on any atom is -0.335 e. The second-order valence-electron chi connectivity index (χ2n) is 14.3. The molecule has 1 nitrogen and oxygen atoms in total. The number of anilines is 2. The van der Waals surface area contributed by atoms with Gasteiger partial charge in [0.05, 0.1) is 0 Å². The molecule has 2 unspecified atom stereocenters. The monoisotopic (exact) mass is 661 g/mol. The van der Waals surface area contributed by atoms with Crippen LogP contribution in [-0.2, 0) is 11.8 Å². The maximum absolute atomic E-state index is 2.64. The summed E-state index contributed by atoms with van der Waals surface area (Å²) in [6.45, 7) is 4.97. The van der Waals surface area contributed by atoms with Crippen molar-refractivity contribution >= 4 is 43.6 Å². The Bertz CT molecular complexity index is 2440. The molecular formula is C48H39NS. The van der Waals surface area contributed by atoms with Gasteiger partial charge in [-0.2, -0.15) is 0 Å². The number of fused-ring (bicyclic) bond motifs is 4. The summed E-state index contributed by atoms with van der Waals surface area (Å²) in [5.41, 5.74) is 9.86. The Balaban J connectivity index is 1.20. The number of thiophene rings is 1. The van der Waals surface area contributed by atoms with E-state index < -0.39 is 0 Å². The van der Waals surface area contributed by atoms with E-state index in [0.29, 0.717) is 0 Å². The van der Waals surface area contributed by atoms with Crippen LogP contribution >= 0.6 is 11.3 Å². The molecule has 0 radical (unpaired) electrons. The van der Waals surface area contributed by atoms with Crippen molar-refractivity contribution in [2.24, 2.45) is 0 Å². The van der Waals surface area contributed by atoms with Crippen LogP contribution in [0.2, 0.25) is 0 Å². The Hall–Kier alpha value is -5.44. The number of hydrogen-bond acceptors (Lipinski definition) is 2. The molecule has 8 aromatic rings. The van der Waals surface area contributed by atoms with Crippen molar-refractivity contribution in [1.82, 2.24) is 0 Å². The molecule has 9 rings (SSSR count). The topological polar surface area (TPSA) is 3.24 Å². The zero-order chi connectivity index (χ0) is 33.7. The van der Waals surface area contributed by atoms with Crippen LogP contribution in [0.25, 0.3) is 43.1 Å². The molecule has 0 N–H and O–H groups in total. The van der Waals surface area contributed by atoms with Crippen molar-refractivity contribution < 1.29 is 0 Å². The number of hydrogen-bond donors (Lipinski definition) is 0. The van der Waals surface area contributed by atoms with Gasteiger partial charge >= 0.3 is 0 Å². The summed E-state index contributed by atoms with van der Waals surface area (Å²) in [6, 6.07) is 64.8. The van der Waals surface area contributed by atoms with Gasteiger partial charge in [0.2, 0.25) is 0 Å². The summed E-state index contributed by atoms with van der Waals surface area (Å²) in [6.07, 6.45) is 1.94. The van der Waals surface area contributed by atoms with E-state index in [-0.39, 0.29) is 11.0 Å². The molecule has 1 heterocycles. The molecule has 1 aromatic heterocycles. The molecule has 0 bridgehead atoms. The number of nitrogens with zero attached hydrogens (tertiary/aromatic N) is 1. The molecule has 1 aliphatic carbocycles. The van der Waals surface area contributed by atoms with Crippen LogP contribution in [0.1, 0.15) is 36.3 Å². The molecule has 0 fully saturated rings. The molecule has 242 valence electrons. The van der Waals surface area contributed by atoms with E-state index in [9.17, 15) is 0 Å². The molecule has 0 saturated carbocycles. The van der Waals surface area contributed by atoms with Gasteiger partial charge in [-0.1, -0.05) is 146 Å². The third-order valence-corrected chi connectivity index (χ3v) is 12.4. The molecule has 0 aliphatic heterocycles. The molecule has 0 amide bonds. The normalized spacial score (nSPS) is 18.6. The van der Waals surface area contributed by atoms with Gasteiger partial charge in [-0.15, -0.1) is 11.3 Å². The first-order valence-corrected chi connectivity index (χ1v) is 18.4. The molecule has 2 heteroatoms. The molecule has 7 aromatic carbocycles. The van der Waals surface area contributed by atoms with Gasteiger partial charge in [0.25, 0.3) is 0 Å². The van der Waals surface area contributed by atoms with Crippen LogP contribution in [0.15, 0.2) is 176 Å². The predicted octanol–water partition coefficient (Wildman–Crippen LogP) is 13.2. The largest absolute Gasteiger partial charge is 0.335 e. The van der Waals surface area contributed by atoms with E-state index in [1.54, 1.807) is 0 Å². The maximum atomic E-state index is 2.64. The third-order valence-electron chi connectivity index (χ3n) is 10.9. The lowest BCUT2D eigenvalue weighted by Gasteiger charge is -2.51. The van der Waals surface area contributed by atoms with E-state index in [1.165, 1.54) is 70.5 Å². The van der Waals surface area contributed by atoms with Crippen molar-refractivity contribution in [3.63, 3.8) is 0 Å². The molecule has 0 saturated heterocycles. The van der Waals surface area contributed by atoms with Crippen molar-refractivity contribution in [3.8, 4) is 22.3 Å².